The third kappa shape index (κ3) is 8.46. The largest absolute Gasteiger partial charge is 0.386 e. The third-order valence-electron chi connectivity index (χ3n) is 3.43. The normalized spacial score (nSPS) is 12.0. The van der Waals surface area contributed by atoms with Gasteiger partial charge in [-0.05, 0) is 31.2 Å². The van der Waals surface area contributed by atoms with Crippen molar-refractivity contribution in [1.82, 2.24) is 16.0 Å². The molecule has 2 aromatic rings. The van der Waals surface area contributed by atoms with E-state index in [0.717, 1.165) is 4.88 Å². The number of benzene rings is 1. The highest BCUT2D eigenvalue weighted by atomic mass is 127. The zero-order chi connectivity index (χ0) is 18.8. The second-order valence-electron chi connectivity index (χ2n) is 5.43. The van der Waals surface area contributed by atoms with E-state index in [2.05, 4.69) is 20.9 Å². The second-order valence-corrected chi connectivity index (χ2v) is 7.17. The average molecular weight is 523 g/mol. The van der Waals surface area contributed by atoms with Gasteiger partial charge in [0.15, 0.2) is 5.96 Å². The van der Waals surface area contributed by atoms with E-state index < -0.39 is 6.10 Å². The van der Waals surface area contributed by atoms with Crippen molar-refractivity contribution in [1.29, 1.82) is 0 Å². The van der Waals surface area contributed by atoms with E-state index in [1.165, 1.54) is 11.3 Å². The van der Waals surface area contributed by atoms with E-state index in [1.54, 1.807) is 24.3 Å². The maximum absolute atomic E-state index is 12.0. The van der Waals surface area contributed by atoms with Gasteiger partial charge in [0.1, 0.15) is 6.10 Å². The zero-order valence-electron chi connectivity index (χ0n) is 14.9. The minimum absolute atomic E-state index is 0. The molecule has 1 aromatic heterocycles. The number of hydrogen-bond donors (Lipinski definition) is 4. The van der Waals surface area contributed by atoms with Crippen LogP contribution in [-0.4, -0.2) is 43.2 Å². The van der Waals surface area contributed by atoms with Gasteiger partial charge in [0.2, 0.25) is 0 Å². The van der Waals surface area contributed by atoms with E-state index in [9.17, 15) is 9.90 Å². The molecule has 0 bridgehead atoms. The Kier molecular flexibility index (Phi) is 11.3. The Hall–Kier alpha value is -1.36. The lowest BCUT2D eigenvalue weighted by molar-refractivity contribution is 0.0954. The van der Waals surface area contributed by atoms with E-state index >= 15 is 0 Å². The lowest BCUT2D eigenvalue weighted by Crippen LogP contribution is -2.41. The predicted molar refractivity (Wildman–Crippen MR) is 122 cm³/mol. The molecule has 0 radical (unpaired) electrons. The molecule has 1 unspecified atom stereocenters. The number of hydrogen-bond acceptors (Lipinski definition) is 4. The first kappa shape index (κ1) is 23.7. The summed E-state index contributed by atoms with van der Waals surface area (Å²) >= 11 is 7.22. The molecule has 0 spiro atoms. The molecule has 1 aromatic carbocycles. The molecular formula is C18H24ClIN4O2S. The maximum Gasteiger partial charge on any atom is 0.251 e. The van der Waals surface area contributed by atoms with Crippen molar-refractivity contribution in [3.63, 3.8) is 0 Å². The Balaban J connectivity index is 0.00000364. The van der Waals surface area contributed by atoms with Gasteiger partial charge in [-0.25, -0.2) is 0 Å². The number of aliphatic imine (C=N–C) groups is 1. The number of carbonyl (C=O) groups excluding carboxylic acids is 1. The van der Waals surface area contributed by atoms with Crippen molar-refractivity contribution < 1.29 is 9.90 Å². The molecule has 0 saturated carbocycles. The maximum atomic E-state index is 12.0. The van der Waals surface area contributed by atoms with Crippen LogP contribution in [0.25, 0.3) is 0 Å². The fourth-order valence-corrected chi connectivity index (χ4v) is 3.20. The van der Waals surface area contributed by atoms with E-state index in [-0.39, 0.29) is 36.4 Å². The predicted octanol–water partition coefficient (Wildman–Crippen LogP) is 3.04. The third-order valence-corrected chi connectivity index (χ3v) is 4.76. The van der Waals surface area contributed by atoms with Gasteiger partial charge < -0.3 is 21.1 Å². The van der Waals surface area contributed by atoms with Crippen molar-refractivity contribution in [3.8, 4) is 0 Å². The van der Waals surface area contributed by atoms with Gasteiger partial charge in [0, 0.05) is 30.1 Å². The summed E-state index contributed by atoms with van der Waals surface area (Å²) in [7, 11) is 0. The molecule has 0 fully saturated rings. The first-order valence-electron chi connectivity index (χ1n) is 8.39. The fourth-order valence-electron chi connectivity index (χ4n) is 2.17. The molecule has 27 heavy (non-hydrogen) atoms. The highest BCUT2D eigenvalue weighted by Crippen LogP contribution is 2.26. The molecular weight excluding hydrogens is 499 g/mol. The Morgan fingerprint density at radius 1 is 1.15 bits per heavy atom. The highest BCUT2D eigenvalue weighted by Gasteiger charge is 2.10. The van der Waals surface area contributed by atoms with Crippen LogP contribution >= 0.6 is 46.9 Å². The molecule has 0 aliphatic rings. The smallest absolute Gasteiger partial charge is 0.251 e. The average Bonchev–Trinajstić information content (AvgIpc) is 3.09. The first-order valence-corrected chi connectivity index (χ1v) is 9.58. The number of rotatable bonds is 8. The van der Waals surface area contributed by atoms with Crippen LogP contribution in [0.2, 0.25) is 4.34 Å². The zero-order valence-corrected chi connectivity index (χ0v) is 18.8. The van der Waals surface area contributed by atoms with Crippen LogP contribution in [0.5, 0.6) is 0 Å². The van der Waals surface area contributed by atoms with Crippen LogP contribution in [-0.2, 0) is 0 Å². The Labute approximate surface area is 185 Å². The number of amides is 1. The lowest BCUT2D eigenvalue weighted by atomic mass is 10.2. The number of guanidine groups is 1. The van der Waals surface area contributed by atoms with Gasteiger partial charge in [-0.3, -0.25) is 9.79 Å². The topological polar surface area (TPSA) is 85.8 Å². The molecule has 2 rings (SSSR count). The molecule has 6 nitrogen and oxygen atoms in total. The number of nitrogens with one attached hydrogen (secondary N) is 3. The summed E-state index contributed by atoms with van der Waals surface area (Å²) in [6.07, 6.45) is -0.694. The number of aliphatic hydroxyl groups is 1. The molecule has 1 amide bonds. The van der Waals surface area contributed by atoms with Gasteiger partial charge in [-0.15, -0.1) is 35.3 Å². The van der Waals surface area contributed by atoms with Crippen LogP contribution in [0.1, 0.15) is 28.3 Å². The number of aliphatic hydroxyl groups excluding tert-OH is 1. The van der Waals surface area contributed by atoms with Gasteiger partial charge in [0.25, 0.3) is 5.91 Å². The van der Waals surface area contributed by atoms with Gasteiger partial charge in [-0.2, -0.15) is 0 Å². The molecule has 0 aliphatic heterocycles. The quantitative estimate of drug-likeness (QED) is 0.186. The van der Waals surface area contributed by atoms with Crippen molar-refractivity contribution in [2.45, 2.75) is 13.0 Å². The standard InChI is InChI=1S/C18H23ClN4O2S.HI/c1-2-20-18(23-12-14(24)15-8-9-16(19)26-15)22-11-10-21-17(25)13-6-4-3-5-7-13;/h3-9,14,24H,2,10-12H2,1H3,(H,21,25)(H2,20,22,23);1H. The summed E-state index contributed by atoms with van der Waals surface area (Å²) in [5.74, 6) is 0.475. The molecule has 9 heteroatoms. The van der Waals surface area contributed by atoms with Crippen molar-refractivity contribution >= 4 is 58.8 Å². The SMILES string of the molecule is CCNC(=NCC(O)c1ccc(Cl)s1)NCCNC(=O)c1ccccc1.I. The van der Waals surface area contributed by atoms with Crippen LogP contribution in [0.4, 0.5) is 0 Å². The highest BCUT2D eigenvalue weighted by molar-refractivity contribution is 14.0. The van der Waals surface area contributed by atoms with Crippen LogP contribution < -0.4 is 16.0 Å². The monoisotopic (exact) mass is 522 g/mol. The number of carbonyl (C=O) groups is 1. The molecule has 0 aliphatic carbocycles. The van der Waals surface area contributed by atoms with Crippen molar-refractivity contribution in [2.75, 3.05) is 26.2 Å². The van der Waals surface area contributed by atoms with E-state index in [0.29, 0.717) is 35.5 Å². The van der Waals surface area contributed by atoms with Crippen LogP contribution in [0.3, 0.4) is 0 Å². The molecule has 0 saturated heterocycles. The Morgan fingerprint density at radius 3 is 2.48 bits per heavy atom. The molecule has 1 heterocycles. The van der Waals surface area contributed by atoms with Gasteiger partial charge in [0.05, 0.1) is 10.9 Å². The fraction of sp³-hybridized carbons (Fsp3) is 0.333. The van der Waals surface area contributed by atoms with Crippen molar-refractivity contribution in [2.24, 2.45) is 4.99 Å². The second kappa shape index (κ2) is 12.9. The number of thiophene rings is 1. The molecule has 4 N–H and O–H groups in total. The molecule has 148 valence electrons. The summed E-state index contributed by atoms with van der Waals surface area (Å²) in [5, 5.41) is 19.2. The number of nitrogens with zero attached hydrogens (tertiary/aromatic N) is 1. The molecule has 1 atom stereocenters. The minimum atomic E-state index is -0.694. The minimum Gasteiger partial charge on any atom is -0.386 e. The summed E-state index contributed by atoms with van der Waals surface area (Å²) in [4.78, 5) is 17.1. The summed E-state index contributed by atoms with van der Waals surface area (Å²) < 4.78 is 0.641. The summed E-state index contributed by atoms with van der Waals surface area (Å²) in [5.41, 5.74) is 0.630. The summed E-state index contributed by atoms with van der Waals surface area (Å²) in [6.45, 7) is 3.86. The number of halogens is 2. The lowest BCUT2D eigenvalue weighted by Gasteiger charge is -2.13. The Bertz CT molecular complexity index is 727. The van der Waals surface area contributed by atoms with Crippen LogP contribution in [0.15, 0.2) is 47.5 Å². The first-order chi connectivity index (χ1) is 12.6. The van der Waals surface area contributed by atoms with Gasteiger partial charge >= 0.3 is 0 Å². The van der Waals surface area contributed by atoms with Crippen LogP contribution in [0, 0.1) is 0 Å². The van der Waals surface area contributed by atoms with E-state index in [4.69, 9.17) is 11.6 Å². The Morgan fingerprint density at radius 2 is 1.85 bits per heavy atom. The van der Waals surface area contributed by atoms with Gasteiger partial charge in [-0.1, -0.05) is 29.8 Å². The summed E-state index contributed by atoms with van der Waals surface area (Å²) in [6, 6.07) is 12.6. The van der Waals surface area contributed by atoms with E-state index in [1.807, 2.05) is 25.1 Å². The van der Waals surface area contributed by atoms with Crippen molar-refractivity contribution in [3.05, 3.63) is 57.2 Å².